The van der Waals surface area contributed by atoms with Crippen LogP contribution in [0.3, 0.4) is 0 Å². The van der Waals surface area contributed by atoms with Gasteiger partial charge in [0.15, 0.2) is 5.82 Å². The standard InChI is InChI=1S/C18H23N5O2/c1-22(2)17-15(10-19-13-20-17)21-18(24)16-12-23(8-9-25-16)11-14-6-4-3-5-7-14/h3-7,10,13,16H,8-9,11-12H2,1-2H3,(H,21,24)/t16-/m1/s1. The fraction of sp³-hybridized carbons (Fsp3) is 0.389. The number of ether oxygens (including phenoxy) is 1. The minimum atomic E-state index is -0.507. The number of nitrogens with zero attached hydrogens (tertiary/aromatic N) is 4. The highest BCUT2D eigenvalue weighted by Crippen LogP contribution is 2.20. The summed E-state index contributed by atoms with van der Waals surface area (Å²) in [5.74, 6) is 0.496. The largest absolute Gasteiger partial charge is 0.366 e. The van der Waals surface area contributed by atoms with Crippen LogP contribution in [0.25, 0.3) is 0 Å². The van der Waals surface area contributed by atoms with Crippen molar-refractivity contribution in [3.63, 3.8) is 0 Å². The predicted octanol–water partition coefficient (Wildman–Crippen LogP) is 1.38. The van der Waals surface area contributed by atoms with Crippen molar-refractivity contribution >= 4 is 17.4 Å². The smallest absolute Gasteiger partial charge is 0.254 e. The molecule has 132 valence electrons. The molecule has 1 aromatic carbocycles. The Morgan fingerprint density at radius 2 is 2.16 bits per heavy atom. The highest BCUT2D eigenvalue weighted by atomic mass is 16.5. The Hall–Kier alpha value is -2.51. The zero-order valence-electron chi connectivity index (χ0n) is 14.6. The second kappa shape index (κ2) is 8.04. The quantitative estimate of drug-likeness (QED) is 0.886. The van der Waals surface area contributed by atoms with Crippen LogP contribution in [0, 0.1) is 0 Å². The molecule has 1 atom stereocenters. The van der Waals surface area contributed by atoms with E-state index in [0.717, 1.165) is 13.1 Å². The first kappa shape index (κ1) is 17.3. The predicted molar refractivity (Wildman–Crippen MR) is 96.4 cm³/mol. The Labute approximate surface area is 147 Å². The third-order valence-electron chi connectivity index (χ3n) is 4.06. The lowest BCUT2D eigenvalue weighted by molar-refractivity contribution is -0.133. The third-order valence-corrected chi connectivity index (χ3v) is 4.06. The van der Waals surface area contributed by atoms with E-state index in [4.69, 9.17) is 4.74 Å². The Balaban J connectivity index is 1.62. The number of carbonyl (C=O) groups excluding carboxylic acids is 1. The molecule has 1 amide bonds. The third kappa shape index (κ3) is 4.52. The van der Waals surface area contributed by atoms with Crippen molar-refractivity contribution in [3.8, 4) is 0 Å². The maximum absolute atomic E-state index is 12.6. The first-order valence-electron chi connectivity index (χ1n) is 8.29. The van der Waals surface area contributed by atoms with Gasteiger partial charge in [0.05, 0.1) is 12.8 Å². The Bertz CT molecular complexity index is 708. The van der Waals surface area contributed by atoms with E-state index in [1.54, 1.807) is 6.20 Å². The van der Waals surface area contributed by atoms with Gasteiger partial charge in [-0.25, -0.2) is 9.97 Å². The average Bonchev–Trinajstić information content (AvgIpc) is 2.63. The van der Waals surface area contributed by atoms with Crippen molar-refractivity contribution in [1.82, 2.24) is 14.9 Å². The molecule has 0 aliphatic carbocycles. The molecular formula is C18H23N5O2. The van der Waals surface area contributed by atoms with Crippen LogP contribution in [-0.4, -0.2) is 60.7 Å². The summed E-state index contributed by atoms with van der Waals surface area (Å²) in [6.45, 7) is 2.73. The minimum absolute atomic E-state index is 0.171. The number of carbonyl (C=O) groups is 1. The summed E-state index contributed by atoms with van der Waals surface area (Å²) < 4.78 is 5.67. The molecule has 0 spiro atoms. The number of benzene rings is 1. The number of rotatable bonds is 5. The molecule has 0 bridgehead atoms. The Kier molecular flexibility index (Phi) is 5.57. The highest BCUT2D eigenvalue weighted by Gasteiger charge is 2.27. The zero-order chi connectivity index (χ0) is 17.6. The van der Waals surface area contributed by atoms with Crippen LogP contribution in [0.5, 0.6) is 0 Å². The number of amides is 1. The second-order valence-corrected chi connectivity index (χ2v) is 6.22. The lowest BCUT2D eigenvalue weighted by atomic mass is 10.2. The number of hydrogen-bond donors (Lipinski definition) is 1. The molecule has 1 N–H and O–H groups in total. The Morgan fingerprint density at radius 1 is 1.36 bits per heavy atom. The SMILES string of the molecule is CN(C)c1ncncc1NC(=O)[C@H]1CN(Cc2ccccc2)CCO1. The molecule has 0 unspecified atom stereocenters. The summed E-state index contributed by atoms with van der Waals surface area (Å²) in [6.07, 6.45) is 2.56. The van der Waals surface area contributed by atoms with E-state index in [0.29, 0.717) is 24.7 Å². The van der Waals surface area contributed by atoms with Gasteiger partial charge >= 0.3 is 0 Å². The van der Waals surface area contributed by atoms with E-state index in [-0.39, 0.29) is 5.91 Å². The first-order valence-corrected chi connectivity index (χ1v) is 8.29. The fourth-order valence-corrected chi connectivity index (χ4v) is 2.83. The molecule has 1 saturated heterocycles. The summed E-state index contributed by atoms with van der Waals surface area (Å²) in [4.78, 5) is 24.9. The molecule has 0 saturated carbocycles. The van der Waals surface area contributed by atoms with Crippen LogP contribution in [-0.2, 0) is 16.1 Å². The molecule has 7 nitrogen and oxygen atoms in total. The van der Waals surface area contributed by atoms with E-state index in [9.17, 15) is 4.79 Å². The monoisotopic (exact) mass is 341 g/mol. The number of hydrogen-bond acceptors (Lipinski definition) is 6. The van der Waals surface area contributed by atoms with Gasteiger partial charge in [0.2, 0.25) is 0 Å². The van der Waals surface area contributed by atoms with E-state index >= 15 is 0 Å². The maximum atomic E-state index is 12.6. The van der Waals surface area contributed by atoms with Crippen molar-refractivity contribution < 1.29 is 9.53 Å². The molecule has 3 rings (SSSR count). The first-order chi connectivity index (χ1) is 12.1. The van der Waals surface area contributed by atoms with Gasteiger partial charge < -0.3 is 15.0 Å². The van der Waals surface area contributed by atoms with E-state index < -0.39 is 6.10 Å². The number of nitrogens with one attached hydrogen (secondary N) is 1. The van der Waals surface area contributed by atoms with Gasteiger partial charge in [0, 0.05) is 33.7 Å². The van der Waals surface area contributed by atoms with Gasteiger partial charge in [-0.1, -0.05) is 30.3 Å². The van der Waals surface area contributed by atoms with E-state index in [1.165, 1.54) is 11.9 Å². The van der Waals surface area contributed by atoms with Crippen LogP contribution >= 0.6 is 0 Å². The molecule has 2 heterocycles. The minimum Gasteiger partial charge on any atom is -0.366 e. The molecule has 7 heteroatoms. The lowest BCUT2D eigenvalue weighted by Gasteiger charge is -2.32. The van der Waals surface area contributed by atoms with E-state index in [1.807, 2.05) is 37.2 Å². The zero-order valence-corrected chi connectivity index (χ0v) is 14.6. The van der Waals surface area contributed by atoms with Crippen LogP contribution in [0.1, 0.15) is 5.56 Å². The molecule has 1 fully saturated rings. The summed E-state index contributed by atoms with van der Waals surface area (Å²) in [5.41, 5.74) is 1.82. The van der Waals surface area contributed by atoms with Crippen molar-refractivity contribution in [2.24, 2.45) is 0 Å². The van der Waals surface area contributed by atoms with Crippen molar-refractivity contribution in [1.29, 1.82) is 0 Å². The van der Waals surface area contributed by atoms with Crippen molar-refractivity contribution in [2.75, 3.05) is 44.0 Å². The Morgan fingerprint density at radius 3 is 2.92 bits per heavy atom. The second-order valence-electron chi connectivity index (χ2n) is 6.22. The van der Waals surface area contributed by atoms with Gasteiger partial charge in [-0.3, -0.25) is 9.69 Å². The van der Waals surface area contributed by atoms with Crippen LogP contribution in [0.15, 0.2) is 42.9 Å². The van der Waals surface area contributed by atoms with E-state index in [2.05, 4.69) is 32.3 Å². The molecule has 0 radical (unpaired) electrons. The van der Waals surface area contributed by atoms with Crippen LogP contribution in [0.4, 0.5) is 11.5 Å². The highest BCUT2D eigenvalue weighted by molar-refractivity contribution is 5.96. The maximum Gasteiger partial charge on any atom is 0.254 e. The molecule has 2 aromatic rings. The summed E-state index contributed by atoms with van der Waals surface area (Å²) in [6, 6.07) is 10.2. The molecule has 1 aromatic heterocycles. The molecule has 1 aliphatic rings. The van der Waals surface area contributed by atoms with Gasteiger partial charge in [-0.2, -0.15) is 0 Å². The van der Waals surface area contributed by atoms with Crippen LogP contribution < -0.4 is 10.2 Å². The van der Waals surface area contributed by atoms with Crippen LogP contribution in [0.2, 0.25) is 0 Å². The number of aromatic nitrogens is 2. The number of morpholine rings is 1. The summed E-state index contributed by atoms with van der Waals surface area (Å²) >= 11 is 0. The molecule has 25 heavy (non-hydrogen) atoms. The fourth-order valence-electron chi connectivity index (χ4n) is 2.83. The molecule has 1 aliphatic heterocycles. The average molecular weight is 341 g/mol. The van der Waals surface area contributed by atoms with Gasteiger partial charge in [-0.15, -0.1) is 0 Å². The van der Waals surface area contributed by atoms with Gasteiger partial charge in [-0.05, 0) is 5.56 Å². The van der Waals surface area contributed by atoms with Crippen molar-refractivity contribution in [2.45, 2.75) is 12.6 Å². The van der Waals surface area contributed by atoms with Gasteiger partial charge in [0.25, 0.3) is 5.91 Å². The van der Waals surface area contributed by atoms with Gasteiger partial charge in [0.1, 0.15) is 18.1 Å². The molecular weight excluding hydrogens is 318 g/mol. The topological polar surface area (TPSA) is 70.6 Å². The summed E-state index contributed by atoms with van der Waals surface area (Å²) in [7, 11) is 3.74. The number of anilines is 2. The lowest BCUT2D eigenvalue weighted by Crippen LogP contribution is -2.47. The normalized spacial score (nSPS) is 17.9. The summed E-state index contributed by atoms with van der Waals surface area (Å²) in [5, 5.41) is 2.89. The van der Waals surface area contributed by atoms with Crippen molar-refractivity contribution in [3.05, 3.63) is 48.4 Å².